The Labute approximate surface area is 174 Å². The molecule has 9 nitrogen and oxygen atoms in total. The van der Waals surface area contributed by atoms with Crippen LogP contribution in [0.25, 0.3) is 0 Å². The molecule has 0 aromatic carbocycles. The summed E-state index contributed by atoms with van der Waals surface area (Å²) in [5, 5.41) is 2.77. The second kappa shape index (κ2) is 10.9. The van der Waals surface area contributed by atoms with Gasteiger partial charge >= 0.3 is 5.97 Å². The SMILES string of the molecule is CCCOc1c[nH]c(CS(=O)CC(=O)Nc2nc(C)c(C(=O)OCC)s2)cc1=O. The van der Waals surface area contributed by atoms with Gasteiger partial charge in [0.15, 0.2) is 10.9 Å². The fraction of sp³-hybridized carbons (Fsp3) is 0.444. The predicted molar refractivity (Wildman–Crippen MR) is 111 cm³/mol. The molecule has 2 N–H and O–H groups in total. The number of nitrogens with zero attached hydrogens (tertiary/aromatic N) is 1. The standard InChI is InChI=1S/C18H23N3O6S2/c1-4-6-27-14-8-19-12(7-13(14)22)9-29(25)10-15(23)21-18-20-11(3)16(28-18)17(24)26-5-2/h7-8H,4-6,9-10H2,1-3H3,(H,19,22)(H,20,21,23). The minimum atomic E-state index is -1.54. The Morgan fingerprint density at radius 3 is 2.76 bits per heavy atom. The zero-order valence-electron chi connectivity index (χ0n) is 16.4. The van der Waals surface area contributed by atoms with Gasteiger partial charge in [-0.05, 0) is 20.3 Å². The lowest BCUT2D eigenvalue weighted by molar-refractivity contribution is -0.113. The van der Waals surface area contributed by atoms with Crippen LogP contribution in [-0.4, -0.2) is 45.0 Å². The normalized spacial score (nSPS) is 11.7. The number of aromatic amines is 1. The number of aryl methyl sites for hydroxylation is 1. The fourth-order valence-electron chi connectivity index (χ4n) is 2.27. The van der Waals surface area contributed by atoms with Crippen molar-refractivity contribution >= 4 is 39.1 Å². The zero-order valence-corrected chi connectivity index (χ0v) is 18.0. The summed E-state index contributed by atoms with van der Waals surface area (Å²) in [4.78, 5) is 43.2. The smallest absolute Gasteiger partial charge is 0.350 e. The fourth-order valence-corrected chi connectivity index (χ4v) is 4.13. The van der Waals surface area contributed by atoms with E-state index in [-0.39, 0.29) is 34.4 Å². The van der Waals surface area contributed by atoms with E-state index in [0.717, 1.165) is 17.8 Å². The van der Waals surface area contributed by atoms with E-state index >= 15 is 0 Å². The topological polar surface area (TPSA) is 127 Å². The molecular weight excluding hydrogens is 418 g/mol. The van der Waals surface area contributed by atoms with Crippen LogP contribution in [0.2, 0.25) is 0 Å². The number of rotatable bonds is 10. The zero-order chi connectivity index (χ0) is 21.4. The van der Waals surface area contributed by atoms with Gasteiger partial charge in [-0.2, -0.15) is 0 Å². The number of thiazole rings is 1. The third-order valence-electron chi connectivity index (χ3n) is 3.51. The summed E-state index contributed by atoms with van der Waals surface area (Å²) in [6.07, 6.45) is 2.21. The molecule has 0 fully saturated rings. The van der Waals surface area contributed by atoms with E-state index in [2.05, 4.69) is 15.3 Å². The first-order valence-electron chi connectivity index (χ1n) is 8.97. The average Bonchev–Trinajstić information content (AvgIpc) is 3.01. The van der Waals surface area contributed by atoms with Crippen molar-refractivity contribution in [1.82, 2.24) is 9.97 Å². The number of carbonyl (C=O) groups is 2. The van der Waals surface area contributed by atoms with Crippen molar-refractivity contribution in [3.8, 4) is 5.75 Å². The van der Waals surface area contributed by atoms with Gasteiger partial charge in [-0.25, -0.2) is 9.78 Å². The molecule has 1 unspecified atom stereocenters. The number of H-pyrrole nitrogens is 1. The highest BCUT2D eigenvalue weighted by atomic mass is 32.2. The molecule has 0 bridgehead atoms. The molecule has 2 aromatic heterocycles. The minimum absolute atomic E-state index is 0.0156. The van der Waals surface area contributed by atoms with Gasteiger partial charge in [0.2, 0.25) is 11.3 Å². The van der Waals surface area contributed by atoms with Crippen molar-refractivity contribution in [3.05, 3.63) is 38.8 Å². The number of anilines is 1. The number of nitrogens with one attached hydrogen (secondary N) is 2. The number of ether oxygens (including phenoxy) is 2. The van der Waals surface area contributed by atoms with Crippen molar-refractivity contribution < 1.29 is 23.3 Å². The van der Waals surface area contributed by atoms with Crippen LogP contribution in [0.3, 0.4) is 0 Å². The Morgan fingerprint density at radius 2 is 2.10 bits per heavy atom. The Hall–Kier alpha value is -2.53. The summed E-state index contributed by atoms with van der Waals surface area (Å²) < 4.78 is 22.5. The highest BCUT2D eigenvalue weighted by Gasteiger charge is 2.18. The van der Waals surface area contributed by atoms with E-state index in [1.807, 2.05) is 6.92 Å². The summed E-state index contributed by atoms with van der Waals surface area (Å²) in [6.45, 7) is 5.95. The molecule has 0 radical (unpaired) electrons. The lowest BCUT2D eigenvalue weighted by Gasteiger charge is -2.06. The number of pyridine rings is 1. The van der Waals surface area contributed by atoms with Crippen molar-refractivity contribution in [2.45, 2.75) is 32.9 Å². The largest absolute Gasteiger partial charge is 0.488 e. The first kappa shape index (κ1) is 22.8. The summed E-state index contributed by atoms with van der Waals surface area (Å²) in [5.41, 5.74) is 0.589. The maximum Gasteiger partial charge on any atom is 0.350 e. The number of hydrogen-bond donors (Lipinski definition) is 2. The molecule has 0 aliphatic rings. The Morgan fingerprint density at radius 1 is 1.34 bits per heavy atom. The van der Waals surface area contributed by atoms with E-state index in [4.69, 9.17) is 9.47 Å². The number of aromatic nitrogens is 2. The van der Waals surface area contributed by atoms with Crippen LogP contribution < -0.4 is 15.5 Å². The predicted octanol–water partition coefficient (Wildman–Crippen LogP) is 1.99. The molecule has 2 heterocycles. The van der Waals surface area contributed by atoms with Gasteiger partial charge in [-0.1, -0.05) is 18.3 Å². The van der Waals surface area contributed by atoms with Gasteiger partial charge < -0.3 is 19.8 Å². The molecule has 2 aromatic rings. The van der Waals surface area contributed by atoms with Gasteiger partial charge in [-0.15, -0.1) is 0 Å². The molecule has 11 heteroatoms. The molecule has 1 atom stereocenters. The van der Waals surface area contributed by atoms with Crippen molar-refractivity contribution in [3.63, 3.8) is 0 Å². The molecule has 0 saturated heterocycles. The second-order valence-electron chi connectivity index (χ2n) is 5.97. The van der Waals surface area contributed by atoms with Crippen LogP contribution in [0.5, 0.6) is 5.75 Å². The van der Waals surface area contributed by atoms with Crippen molar-refractivity contribution in [1.29, 1.82) is 0 Å². The molecule has 1 amide bonds. The maximum atomic E-state index is 12.3. The molecular formula is C18H23N3O6S2. The molecule has 29 heavy (non-hydrogen) atoms. The first-order chi connectivity index (χ1) is 13.8. The van der Waals surface area contributed by atoms with E-state index in [1.165, 1.54) is 12.3 Å². The van der Waals surface area contributed by atoms with E-state index in [1.54, 1.807) is 13.8 Å². The first-order valence-corrected chi connectivity index (χ1v) is 11.3. The molecule has 0 spiro atoms. The quantitative estimate of drug-likeness (QED) is 0.540. The van der Waals surface area contributed by atoms with Crippen LogP contribution in [0, 0.1) is 6.92 Å². The third kappa shape index (κ3) is 6.79. The molecule has 2 rings (SSSR count). The summed E-state index contributed by atoms with van der Waals surface area (Å²) in [6, 6.07) is 1.32. The number of esters is 1. The Kier molecular flexibility index (Phi) is 8.52. The van der Waals surface area contributed by atoms with E-state index < -0.39 is 22.7 Å². The molecule has 0 saturated carbocycles. The van der Waals surface area contributed by atoms with Crippen LogP contribution in [-0.2, 0) is 26.1 Å². The van der Waals surface area contributed by atoms with Crippen molar-refractivity contribution in [2.75, 3.05) is 24.3 Å². The van der Waals surface area contributed by atoms with Crippen LogP contribution in [0.4, 0.5) is 5.13 Å². The van der Waals surface area contributed by atoms with Gasteiger partial charge in [-0.3, -0.25) is 13.8 Å². The highest BCUT2D eigenvalue weighted by molar-refractivity contribution is 7.84. The average molecular weight is 442 g/mol. The minimum Gasteiger partial charge on any atom is -0.488 e. The summed E-state index contributed by atoms with van der Waals surface area (Å²) in [5.74, 6) is -1.05. The third-order valence-corrected chi connectivity index (χ3v) is 5.78. The maximum absolute atomic E-state index is 12.3. The van der Waals surface area contributed by atoms with Crippen LogP contribution in [0.15, 0.2) is 17.1 Å². The van der Waals surface area contributed by atoms with Gasteiger partial charge in [0.25, 0.3) is 0 Å². The lowest BCUT2D eigenvalue weighted by atomic mass is 10.3. The number of hydrogen-bond acceptors (Lipinski definition) is 8. The monoisotopic (exact) mass is 441 g/mol. The van der Waals surface area contributed by atoms with Gasteiger partial charge in [0.1, 0.15) is 10.6 Å². The number of carbonyl (C=O) groups excluding carboxylic acids is 2. The molecule has 0 aliphatic heterocycles. The van der Waals surface area contributed by atoms with Crippen LogP contribution >= 0.6 is 11.3 Å². The van der Waals surface area contributed by atoms with E-state index in [9.17, 15) is 18.6 Å². The summed E-state index contributed by atoms with van der Waals surface area (Å²) in [7, 11) is -1.54. The van der Waals surface area contributed by atoms with Crippen LogP contribution in [0.1, 0.15) is 41.3 Å². The Bertz CT molecular complexity index is 953. The highest BCUT2D eigenvalue weighted by Crippen LogP contribution is 2.23. The number of amides is 1. The van der Waals surface area contributed by atoms with Gasteiger partial charge in [0, 0.05) is 28.8 Å². The molecule has 0 aliphatic carbocycles. The summed E-state index contributed by atoms with van der Waals surface area (Å²) >= 11 is 0.999. The van der Waals surface area contributed by atoms with Crippen molar-refractivity contribution in [2.24, 2.45) is 0 Å². The van der Waals surface area contributed by atoms with Gasteiger partial charge in [0.05, 0.1) is 24.7 Å². The van der Waals surface area contributed by atoms with E-state index in [0.29, 0.717) is 22.9 Å². The second-order valence-corrected chi connectivity index (χ2v) is 8.42. The lowest BCUT2D eigenvalue weighted by Crippen LogP contribution is -2.20. The molecule has 158 valence electrons. The Balaban J connectivity index is 1.92.